The minimum Gasteiger partial charge on any atom is -0.497 e. The average molecular weight is 342 g/mol. The van der Waals surface area contributed by atoms with E-state index >= 15 is 0 Å². The van der Waals surface area contributed by atoms with E-state index in [-0.39, 0.29) is 11.8 Å². The third-order valence-electron chi connectivity index (χ3n) is 3.29. The number of anilines is 2. The number of carbonyl (C=O) groups is 2. The van der Waals surface area contributed by atoms with Crippen molar-refractivity contribution < 1.29 is 19.1 Å². The molecule has 0 aliphatic heterocycles. The highest BCUT2D eigenvalue weighted by molar-refractivity contribution is 6.04. The fraction of sp³-hybridized carbons (Fsp3) is 0.263. The number of amides is 2. The van der Waals surface area contributed by atoms with E-state index < -0.39 is 6.09 Å². The molecule has 0 saturated heterocycles. The van der Waals surface area contributed by atoms with Gasteiger partial charge in [-0.1, -0.05) is 13.8 Å². The molecule has 6 nitrogen and oxygen atoms in total. The minimum atomic E-state index is -0.510. The van der Waals surface area contributed by atoms with Crippen LogP contribution in [0.3, 0.4) is 0 Å². The van der Waals surface area contributed by atoms with Gasteiger partial charge in [0.15, 0.2) is 0 Å². The number of nitrogens with one attached hydrogen (secondary N) is 2. The largest absolute Gasteiger partial charge is 0.497 e. The van der Waals surface area contributed by atoms with Gasteiger partial charge in [0.05, 0.1) is 13.7 Å². The monoisotopic (exact) mass is 342 g/mol. The molecule has 25 heavy (non-hydrogen) atoms. The van der Waals surface area contributed by atoms with Gasteiger partial charge in [-0.05, 0) is 54.4 Å². The first-order chi connectivity index (χ1) is 12.0. The average Bonchev–Trinajstić information content (AvgIpc) is 2.61. The number of rotatable bonds is 6. The smallest absolute Gasteiger partial charge is 0.411 e. The standard InChI is InChI=1S/C19H22N2O4/c1-13(2)12-25-19(23)21-16-6-4-14(5-7-16)18(22)20-15-8-10-17(24-3)11-9-15/h4-11,13H,12H2,1-3H3,(H,20,22)(H,21,23). The van der Waals surface area contributed by atoms with Gasteiger partial charge in [-0.3, -0.25) is 10.1 Å². The van der Waals surface area contributed by atoms with E-state index in [0.29, 0.717) is 23.5 Å². The van der Waals surface area contributed by atoms with Crippen molar-refractivity contribution in [1.29, 1.82) is 0 Å². The van der Waals surface area contributed by atoms with Gasteiger partial charge >= 0.3 is 6.09 Å². The number of carbonyl (C=O) groups excluding carboxylic acids is 2. The number of benzene rings is 2. The van der Waals surface area contributed by atoms with E-state index in [4.69, 9.17) is 9.47 Å². The summed E-state index contributed by atoms with van der Waals surface area (Å²) in [6.45, 7) is 4.28. The zero-order valence-corrected chi connectivity index (χ0v) is 14.5. The lowest BCUT2D eigenvalue weighted by atomic mass is 10.2. The molecule has 0 spiro atoms. The second kappa shape index (κ2) is 8.73. The third-order valence-corrected chi connectivity index (χ3v) is 3.29. The quantitative estimate of drug-likeness (QED) is 0.827. The van der Waals surface area contributed by atoms with Crippen LogP contribution in [0, 0.1) is 5.92 Å². The SMILES string of the molecule is COc1ccc(NC(=O)c2ccc(NC(=O)OCC(C)C)cc2)cc1. The van der Waals surface area contributed by atoms with Crippen LogP contribution in [0.5, 0.6) is 5.75 Å². The van der Waals surface area contributed by atoms with Crippen LogP contribution < -0.4 is 15.4 Å². The first-order valence-corrected chi connectivity index (χ1v) is 7.97. The molecular formula is C19H22N2O4. The summed E-state index contributed by atoms with van der Waals surface area (Å²) in [5.74, 6) is 0.756. The molecule has 0 saturated carbocycles. The van der Waals surface area contributed by atoms with Gasteiger partial charge in [-0.25, -0.2) is 4.79 Å². The molecule has 6 heteroatoms. The Labute approximate surface area is 147 Å². The van der Waals surface area contributed by atoms with E-state index in [0.717, 1.165) is 5.75 Å². The molecule has 2 aromatic rings. The van der Waals surface area contributed by atoms with Crippen molar-refractivity contribution in [2.75, 3.05) is 24.4 Å². The Kier molecular flexibility index (Phi) is 6.39. The van der Waals surface area contributed by atoms with E-state index in [1.54, 1.807) is 55.6 Å². The van der Waals surface area contributed by atoms with E-state index in [9.17, 15) is 9.59 Å². The molecule has 0 heterocycles. The van der Waals surface area contributed by atoms with Gasteiger partial charge in [0.2, 0.25) is 0 Å². The summed E-state index contributed by atoms with van der Waals surface area (Å²) in [6.07, 6.45) is -0.510. The molecule has 0 bridgehead atoms. The molecule has 2 aromatic carbocycles. The van der Waals surface area contributed by atoms with Crippen LogP contribution in [-0.4, -0.2) is 25.7 Å². The normalized spacial score (nSPS) is 10.2. The zero-order valence-electron chi connectivity index (χ0n) is 14.5. The van der Waals surface area contributed by atoms with Crippen molar-refractivity contribution in [1.82, 2.24) is 0 Å². The van der Waals surface area contributed by atoms with Gasteiger partial charge in [-0.2, -0.15) is 0 Å². The first-order valence-electron chi connectivity index (χ1n) is 7.97. The van der Waals surface area contributed by atoms with E-state index in [1.165, 1.54) is 0 Å². The fourth-order valence-electron chi connectivity index (χ4n) is 1.98. The maximum Gasteiger partial charge on any atom is 0.411 e. The zero-order chi connectivity index (χ0) is 18.2. The summed E-state index contributed by atoms with van der Waals surface area (Å²) < 4.78 is 10.1. The molecule has 0 radical (unpaired) electrons. The second-order valence-corrected chi connectivity index (χ2v) is 5.88. The molecule has 0 fully saturated rings. The van der Waals surface area contributed by atoms with Crippen molar-refractivity contribution in [2.24, 2.45) is 5.92 Å². The molecule has 2 N–H and O–H groups in total. The molecule has 0 atom stereocenters. The lowest BCUT2D eigenvalue weighted by Gasteiger charge is -2.09. The number of ether oxygens (including phenoxy) is 2. The van der Waals surface area contributed by atoms with Gasteiger partial charge in [0.25, 0.3) is 5.91 Å². The van der Waals surface area contributed by atoms with Crippen molar-refractivity contribution in [3.8, 4) is 5.75 Å². The maximum atomic E-state index is 12.2. The van der Waals surface area contributed by atoms with E-state index in [1.807, 2.05) is 13.8 Å². The second-order valence-electron chi connectivity index (χ2n) is 5.88. The predicted octanol–water partition coefficient (Wildman–Crippen LogP) is 4.15. The maximum absolute atomic E-state index is 12.2. The van der Waals surface area contributed by atoms with Crippen LogP contribution in [0.15, 0.2) is 48.5 Å². The Morgan fingerprint density at radius 1 is 0.920 bits per heavy atom. The van der Waals surface area contributed by atoms with Gasteiger partial charge in [0.1, 0.15) is 5.75 Å². The van der Waals surface area contributed by atoms with Crippen LogP contribution in [0.1, 0.15) is 24.2 Å². The number of hydrogen-bond acceptors (Lipinski definition) is 4. The molecule has 2 rings (SSSR count). The summed E-state index contributed by atoms with van der Waals surface area (Å²) in [7, 11) is 1.59. The van der Waals surface area contributed by atoms with Crippen molar-refractivity contribution >= 4 is 23.4 Å². The number of hydrogen-bond donors (Lipinski definition) is 2. The Morgan fingerprint density at radius 2 is 1.48 bits per heavy atom. The van der Waals surface area contributed by atoms with Crippen molar-refractivity contribution in [3.63, 3.8) is 0 Å². The van der Waals surface area contributed by atoms with Crippen molar-refractivity contribution in [2.45, 2.75) is 13.8 Å². The highest BCUT2D eigenvalue weighted by atomic mass is 16.5. The van der Waals surface area contributed by atoms with Gasteiger partial charge in [0, 0.05) is 16.9 Å². The van der Waals surface area contributed by atoms with Crippen LogP contribution in [0.4, 0.5) is 16.2 Å². The van der Waals surface area contributed by atoms with Crippen molar-refractivity contribution in [3.05, 3.63) is 54.1 Å². The molecular weight excluding hydrogens is 320 g/mol. The Morgan fingerprint density at radius 3 is 2.04 bits per heavy atom. The fourth-order valence-corrected chi connectivity index (χ4v) is 1.98. The summed E-state index contributed by atoms with van der Waals surface area (Å²) in [5.41, 5.74) is 1.72. The molecule has 0 aromatic heterocycles. The third kappa shape index (κ3) is 5.84. The van der Waals surface area contributed by atoms with E-state index in [2.05, 4.69) is 10.6 Å². The van der Waals surface area contributed by atoms with Crippen LogP contribution in [0.25, 0.3) is 0 Å². The predicted molar refractivity (Wildman–Crippen MR) is 97.2 cm³/mol. The summed E-state index contributed by atoms with van der Waals surface area (Å²) >= 11 is 0. The van der Waals surface area contributed by atoms with Gasteiger partial charge < -0.3 is 14.8 Å². The Bertz CT molecular complexity index is 709. The van der Waals surface area contributed by atoms with Gasteiger partial charge in [-0.15, -0.1) is 0 Å². The molecule has 0 aliphatic carbocycles. The molecule has 132 valence electrons. The minimum absolute atomic E-state index is 0.237. The topological polar surface area (TPSA) is 76.7 Å². The van der Waals surface area contributed by atoms with Crippen LogP contribution in [0.2, 0.25) is 0 Å². The number of methoxy groups -OCH3 is 1. The Hall–Kier alpha value is -3.02. The first kappa shape index (κ1) is 18.3. The summed E-state index contributed by atoms with van der Waals surface area (Å²) in [4.78, 5) is 23.8. The summed E-state index contributed by atoms with van der Waals surface area (Å²) in [5, 5.41) is 5.42. The van der Waals surface area contributed by atoms with Crippen LogP contribution in [-0.2, 0) is 4.74 Å². The lowest BCUT2D eigenvalue weighted by Crippen LogP contribution is -2.17. The highest BCUT2D eigenvalue weighted by Crippen LogP contribution is 2.17. The molecule has 0 aliphatic rings. The Balaban J connectivity index is 1.91. The molecule has 2 amide bonds. The summed E-state index contributed by atoms with van der Waals surface area (Å²) in [6, 6.07) is 13.6. The van der Waals surface area contributed by atoms with Crippen LogP contribution >= 0.6 is 0 Å². The molecule has 0 unspecified atom stereocenters. The lowest BCUT2D eigenvalue weighted by molar-refractivity contribution is 0.102. The highest BCUT2D eigenvalue weighted by Gasteiger charge is 2.08.